The van der Waals surface area contributed by atoms with Crippen LogP contribution in [0, 0.1) is 5.82 Å². The van der Waals surface area contributed by atoms with Crippen molar-refractivity contribution in [2.75, 3.05) is 7.05 Å². The van der Waals surface area contributed by atoms with Crippen molar-refractivity contribution < 1.29 is 14.0 Å². The number of halogens is 1. The zero-order chi connectivity index (χ0) is 17.0. The summed E-state index contributed by atoms with van der Waals surface area (Å²) < 4.78 is 14.1. The smallest absolute Gasteiger partial charge is 0.254 e. The van der Waals surface area contributed by atoms with E-state index in [0.717, 1.165) is 0 Å². The lowest BCUT2D eigenvalue weighted by Gasteiger charge is -2.21. The molecule has 23 heavy (non-hydrogen) atoms. The van der Waals surface area contributed by atoms with E-state index >= 15 is 0 Å². The molecule has 2 aromatic carbocycles. The molecule has 0 fully saturated rings. The molecular weight excluding hydrogens is 295 g/mol. The first kappa shape index (κ1) is 16.8. The zero-order valence-electron chi connectivity index (χ0n) is 13.1. The number of carbonyl (C=O) groups excluding carboxylic acids is 2. The highest BCUT2D eigenvalue weighted by Crippen LogP contribution is 2.21. The number of hydrogen-bond donors (Lipinski definition) is 1. The lowest BCUT2D eigenvalue weighted by molar-refractivity contribution is 0.0780. The fourth-order valence-electron chi connectivity index (χ4n) is 2.48. The SMILES string of the molecule is CC(N)c1cccc(F)c1CN(C)C(=O)c1ccccc1C=O. The second-order valence-electron chi connectivity index (χ2n) is 5.46. The van der Waals surface area contributed by atoms with E-state index in [9.17, 15) is 14.0 Å². The standard InChI is InChI=1S/C18H19FN2O2/c1-12(20)14-8-5-9-17(19)16(14)10-21(2)18(23)15-7-4-3-6-13(15)11-22/h3-9,11-12H,10,20H2,1-2H3. The van der Waals surface area contributed by atoms with Gasteiger partial charge < -0.3 is 10.6 Å². The van der Waals surface area contributed by atoms with E-state index in [1.807, 2.05) is 0 Å². The number of nitrogens with zero attached hydrogens (tertiary/aromatic N) is 1. The second kappa shape index (κ2) is 7.15. The summed E-state index contributed by atoms with van der Waals surface area (Å²) >= 11 is 0. The Kier molecular flexibility index (Phi) is 5.24. The maximum atomic E-state index is 14.1. The normalized spacial score (nSPS) is 11.8. The quantitative estimate of drug-likeness (QED) is 0.863. The summed E-state index contributed by atoms with van der Waals surface area (Å²) in [5, 5.41) is 0. The average Bonchev–Trinajstić information content (AvgIpc) is 2.55. The van der Waals surface area contributed by atoms with E-state index in [2.05, 4.69) is 0 Å². The van der Waals surface area contributed by atoms with Crippen LogP contribution in [0.3, 0.4) is 0 Å². The van der Waals surface area contributed by atoms with Crippen molar-refractivity contribution in [1.29, 1.82) is 0 Å². The molecule has 4 nitrogen and oxygen atoms in total. The molecule has 2 aromatic rings. The Morgan fingerprint density at radius 1 is 1.26 bits per heavy atom. The third-order valence-corrected chi connectivity index (χ3v) is 3.71. The molecule has 0 aliphatic heterocycles. The molecule has 0 aliphatic rings. The van der Waals surface area contributed by atoms with E-state index in [1.54, 1.807) is 50.4 Å². The van der Waals surface area contributed by atoms with Gasteiger partial charge in [-0.15, -0.1) is 0 Å². The molecule has 1 amide bonds. The van der Waals surface area contributed by atoms with Crippen LogP contribution in [-0.2, 0) is 6.54 Å². The molecule has 0 radical (unpaired) electrons. The fourth-order valence-corrected chi connectivity index (χ4v) is 2.48. The molecule has 0 heterocycles. The highest BCUT2D eigenvalue weighted by molar-refractivity contribution is 6.01. The van der Waals surface area contributed by atoms with Crippen LogP contribution < -0.4 is 5.73 Å². The number of benzene rings is 2. The maximum Gasteiger partial charge on any atom is 0.254 e. The Labute approximate surface area is 134 Å². The number of hydrogen-bond acceptors (Lipinski definition) is 3. The molecule has 5 heteroatoms. The van der Waals surface area contributed by atoms with Crippen molar-refractivity contribution in [2.45, 2.75) is 19.5 Å². The lowest BCUT2D eigenvalue weighted by Crippen LogP contribution is -2.28. The molecule has 1 atom stereocenters. The van der Waals surface area contributed by atoms with E-state index in [-0.39, 0.29) is 18.5 Å². The van der Waals surface area contributed by atoms with Gasteiger partial charge in [-0.2, -0.15) is 0 Å². The molecule has 2 rings (SSSR count). The van der Waals surface area contributed by atoms with Crippen LogP contribution in [0.25, 0.3) is 0 Å². The largest absolute Gasteiger partial charge is 0.337 e. The van der Waals surface area contributed by atoms with E-state index < -0.39 is 5.82 Å². The summed E-state index contributed by atoms with van der Waals surface area (Å²) in [7, 11) is 1.57. The van der Waals surface area contributed by atoms with Gasteiger partial charge in [-0.25, -0.2) is 4.39 Å². The van der Waals surface area contributed by atoms with Gasteiger partial charge in [-0.05, 0) is 24.6 Å². The molecule has 120 valence electrons. The molecule has 0 aliphatic carbocycles. The average molecular weight is 314 g/mol. The van der Waals surface area contributed by atoms with Crippen molar-refractivity contribution in [3.05, 3.63) is 70.5 Å². The number of carbonyl (C=O) groups is 2. The summed E-state index contributed by atoms with van der Waals surface area (Å²) in [5.74, 6) is -0.741. The summed E-state index contributed by atoms with van der Waals surface area (Å²) in [4.78, 5) is 25.0. The van der Waals surface area contributed by atoms with E-state index in [4.69, 9.17) is 5.73 Å². The van der Waals surface area contributed by atoms with Crippen molar-refractivity contribution in [3.8, 4) is 0 Å². The van der Waals surface area contributed by atoms with Gasteiger partial charge in [0.2, 0.25) is 0 Å². The molecule has 0 saturated carbocycles. The van der Waals surface area contributed by atoms with Crippen LogP contribution in [0.4, 0.5) is 4.39 Å². The van der Waals surface area contributed by atoms with Crippen LogP contribution in [0.2, 0.25) is 0 Å². The first-order valence-corrected chi connectivity index (χ1v) is 7.28. The number of nitrogens with two attached hydrogens (primary N) is 1. The Bertz CT molecular complexity index is 729. The predicted octanol–water partition coefficient (Wildman–Crippen LogP) is 2.93. The van der Waals surface area contributed by atoms with Crippen LogP contribution in [0.1, 0.15) is 44.8 Å². The maximum absolute atomic E-state index is 14.1. The monoisotopic (exact) mass is 314 g/mol. The van der Waals surface area contributed by atoms with E-state index in [1.165, 1.54) is 11.0 Å². The summed E-state index contributed by atoms with van der Waals surface area (Å²) in [6.07, 6.45) is 0.636. The minimum Gasteiger partial charge on any atom is -0.337 e. The van der Waals surface area contributed by atoms with Gasteiger partial charge >= 0.3 is 0 Å². The van der Waals surface area contributed by atoms with Crippen LogP contribution in [0.15, 0.2) is 42.5 Å². The van der Waals surface area contributed by atoms with Gasteiger partial charge in [-0.1, -0.05) is 30.3 Å². The Morgan fingerprint density at radius 3 is 2.61 bits per heavy atom. The molecule has 0 bridgehead atoms. The van der Waals surface area contributed by atoms with E-state index in [0.29, 0.717) is 28.5 Å². The Balaban J connectivity index is 2.31. The minimum absolute atomic E-state index is 0.0789. The van der Waals surface area contributed by atoms with Gasteiger partial charge in [0.15, 0.2) is 6.29 Å². The summed E-state index contributed by atoms with van der Waals surface area (Å²) in [6.45, 7) is 1.84. The number of rotatable bonds is 5. The fraction of sp³-hybridized carbons (Fsp3) is 0.222. The topological polar surface area (TPSA) is 63.4 Å². The summed E-state index contributed by atoms with van der Waals surface area (Å²) in [5.41, 5.74) is 7.53. The van der Waals surface area contributed by atoms with Gasteiger partial charge in [-0.3, -0.25) is 9.59 Å². The predicted molar refractivity (Wildman–Crippen MR) is 86.6 cm³/mol. The van der Waals surface area contributed by atoms with Crippen LogP contribution in [0.5, 0.6) is 0 Å². The summed E-state index contributed by atoms with van der Waals surface area (Å²) in [6, 6.07) is 10.9. The van der Waals surface area contributed by atoms with Crippen molar-refractivity contribution in [3.63, 3.8) is 0 Å². The van der Waals surface area contributed by atoms with Gasteiger partial charge in [0.25, 0.3) is 5.91 Å². The molecule has 0 saturated heterocycles. The molecule has 2 N–H and O–H groups in total. The third kappa shape index (κ3) is 3.63. The van der Waals surface area contributed by atoms with Gasteiger partial charge in [0, 0.05) is 30.8 Å². The Morgan fingerprint density at radius 2 is 1.96 bits per heavy atom. The van der Waals surface area contributed by atoms with Crippen molar-refractivity contribution in [1.82, 2.24) is 4.90 Å². The first-order chi connectivity index (χ1) is 11.0. The highest BCUT2D eigenvalue weighted by atomic mass is 19.1. The lowest BCUT2D eigenvalue weighted by atomic mass is 10.0. The van der Waals surface area contributed by atoms with Gasteiger partial charge in [0.05, 0.1) is 5.56 Å². The van der Waals surface area contributed by atoms with Crippen LogP contribution >= 0.6 is 0 Å². The van der Waals surface area contributed by atoms with Crippen molar-refractivity contribution >= 4 is 12.2 Å². The zero-order valence-corrected chi connectivity index (χ0v) is 13.1. The molecule has 1 unspecified atom stereocenters. The second-order valence-corrected chi connectivity index (χ2v) is 5.46. The first-order valence-electron chi connectivity index (χ1n) is 7.28. The molecule has 0 aromatic heterocycles. The minimum atomic E-state index is -0.400. The third-order valence-electron chi connectivity index (χ3n) is 3.71. The molecular formula is C18H19FN2O2. The Hall–Kier alpha value is -2.53. The molecule has 0 spiro atoms. The highest BCUT2D eigenvalue weighted by Gasteiger charge is 2.19. The van der Waals surface area contributed by atoms with Gasteiger partial charge in [0.1, 0.15) is 5.82 Å². The number of amides is 1. The number of aldehydes is 1. The van der Waals surface area contributed by atoms with Crippen molar-refractivity contribution in [2.24, 2.45) is 5.73 Å². The van der Waals surface area contributed by atoms with Crippen LogP contribution in [-0.4, -0.2) is 24.1 Å².